The third-order valence-corrected chi connectivity index (χ3v) is 2.95. The Morgan fingerprint density at radius 1 is 1.05 bits per heavy atom. The first kappa shape index (κ1) is 16.2. The fourth-order valence-electron chi connectivity index (χ4n) is 1.90. The summed E-state index contributed by atoms with van der Waals surface area (Å²) in [6.07, 6.45) is -4.37. The van der Waals surface area contributed by atoms with Crippen LogP contribution in [0.1, 0.15) is 11.1 Å². The maximum Gasteiger partial charge on any atom is 0.416 e. The summed E-state index contributed by atoms with van der Waals surface area (Å²) >= 11 is 0. The molecule has 2 rings (SSSR count). The number of phenols is 1. The molecule has 0 heterocycles. The van der Waals surface area contributed by atoms with E-state index in [1.54, 1.807) is 18.2 Å². The Morgan fingerprint density at radius 3 is 2.55 bits per heavy atom. The summed E-state index contributed by atoms with van der Waals surface area (Å²) in [5.74, 6) is 0.383. The van der Waals surface area contributed by atoms with Crippen molar-refractivity contribution in [3.8, 4) is 11.5 Å². The van der Waals surface area contributed by atoms with Crippen LogP contribution >= 0.6 is 0 Å². The molecule has 0 fully saturated rings. The normalized spacial score (nSPS) is 11.4. The van der Waals surface area contributed by atoms with E-state index in [0.717, 1.165) is 17.7 Å². The molecule has 2 aromatic rings. The van der Waals surface area contributed by atoms with Gasteiger partial charge in [-0.25, -0.2) is 0 Å². The highest BCUT2D eigenvalue weighted by Gasteiger charge is 2.30. The van der Waals surface area contributed by atoms with Crippen LogP contribution < -0.4 is 10.1 Å². The standard InChI is InChI=1S/C16H16F3NO2/c17-16(18,19)13-4-2-6-15(10-13)22-8-7-20-11-12-3-1-5-14(21)9-12/h1-6,9-10,20-21H,7-8,11H2. The average Bonchev–Trinajstić information content (AvgIpc) is 2.46. The van der Waals surface area contributed by atoms with Crippen molar-refractivity contribution >= 4 is 0 Å². The predicted octanol–water partition coefficient (Wildman–Crippen LogP) is 3.58. The number of aromatic hydroxyl groups is 1. The summed E-state index contributed by atoms with van der Waals surface area (Å²) in [5.41, 5.74) is 0.191. The van der Waals surface area contributed by atoms with Gasteiger partial charge >= 0.3 is 6.18 Å². The van der Waals surface area contributed by atoms with Crippen molar-refractivity contribution in [1.29, 1.82) is 0 Å². The van der Waals surface area contributed by atoms with E-state index in [1.165, 1.54) is 12.1 Å². The monoisotopic (exact) mass is 311 g/mol. The Bertz CT molecular complexity index is 614. The zero-order valence-corrected chi connectivity index (χ0v) is 11.7. The number of nitrogens with one attached hydrogen (secondary N) is 1. The first-order chi connectivity index (χ1) is 10.4. The van der Waals surface area contributed by atoms with E-state index in [9.17, 15) is 18.3 Å². The van der Waals surface area contributed by atoms with Crippen LogP contribution in [0.15, 0.2) is 48.5 Å². The van der Waals surface area contributed by atoms with E-state index in [4.69, 9.17) is 4.74 Å². The summed E-state index contributed by atoms with van der Waals surface area (Å²) < 4.78 is 42.9. The van der Waals surface area contributed by atoms with E-state index in [1.807, 2.05) is 6.07 Å². The molecular formula is C16H16F3NO2. The van der Waals surface area contributed by atoms with E-state index in [0.29, 0.717) is 13.1 Å². The van der Waals surface area contributed by atoms with Crippen LogP contribution in [0, 0.1) is 0 Å². The minimum Gasteiger partial charge on any atom is -0.508 e. The van der Waals surface area contributed by atoms with Gasteiger partial charge < -0.3 is 15.2 Å². The van der Waals surface area contributed by atoms with Crippen LogP contribution in [0.4, 0.5) is 13.2 Å². The number of rotatable bonds is 6. The maximum atomic E-state index is 12.5. The lowest BCUT2D eigenvalue weighted by Crippen LogP contribution is -2.20. The predicted molar refractivity (Wildman–Crippen MR) is 76.8 cm³/mol. The molecular weight excluding hydrogens is 295 g/mol. The molecule has 0 aromatic heterocycles. The fraction of sp³-hybridized carbons (Fsp3) is 0.250. The average molecular weight is 311 g/mol. The van der Waals surface area contributed by atoms with E-state index >= 15 is 0 Å². The lowest BCUT2D eigenvalue weighted by molar-refractivity contribution is -0.137. The first-order valence-electron chi connectivity index (χ1n) is 6.74. The zero-order chi connectivity index (χ0) is 16.0. The highest BCUT2D eigenvalue weighted by atomic mass is 19.4. The zero-order valence-electron chi connectivity index (χ0n) is 11.7. The molecule has 0 spiro atoms. The lowest BCUT2D eigenvalue weighted by Gasteiger charge is -2.10. The molecule has 0 amide bonds. The molecule has 0 aliphatic heterocycles. The van der Waals surface area contributed by atoms with Gasteiger partial charge in [0.2, 0.25) is 0 Å². The van der Waals surface area contributed by atoms with Gasteiger partial charge in [0.1, 0.15) is 18.1 Å². The van der Waals surface area contributed by atoms with Gasteiger partial charge in [-0.2, -0.15) is 13.2 Å². The van der Waals surface area contributed by atoms with Crippen LogP contribution in [-0.4, -0.2) is 18.3 Å². The van der Waals surface area contributed by atoms with Crippen LogP contribution in [0.5, 0.6) is 11.5 Å². The topological polar surface area (TPSA) is 41.5 Å². The number of hydrogen-bond acceptors (Lipinski definition) is 3. The molecule has 2 N–H and O–H groups in total. The molecule has 0 saturated heterocycles. The molecule has 6 heteroatoms. The van der Waals surface area contributed by atoms with E-state index in [2.05, 4.69) is 5.32 Å². The molecule has 0 radical (unpaired) electrons. The maximum absolute atomic E-state index is 12.5. The minimum atomic E-state index is -4.37. The van der Waals surface area contributed by atoms with Gasteiger partial charge in [-0.3, -0.25) is 0 Å². The molecule has 3 nitrogen and oxygen atoms in total. The molecule has 0 saturated carbocycles. The van der Waals surface area contributed by atoms with Crippen LogP contribution in [0.3, 0.4) is 0 Å². The van der Waals surface area contributed by atoms with Crippen LogP contribution in [0.2, 0.25) is 0 Å². The number of phenolic OH excluding ortho intramolecular Hbond substituents is 1. The van der Waals surface area contributed by atoms with Gasteiger partial charge in [0.25, 0.3) is 0 Å². The minimum absolute atomic E-state index is 0.189. The van der Waals surface area contributed by atoms with E-state index in [-0.39, 0.29) is 18.1 Å². The third-order valence-electron chi connectivity index (χ3n) is 2.95. The van der Waals surface area contributed by atoms with Gasteiger partial charge in [-0.1, -0.05) is 18.2 Å². The molecule has 0 bridgehead atoms. The molecule has 0 aliphatic rings. The van der Waals surface area contributed by atoms with Gasteiger partial charge in [0, 0.05) is 13.1 Å². The Labute approximate surface area is 126 Å². The quantitative estimate of drug-likeness (QED) is 0.801. The smallest absolute Gasteiger partial charge is 0.416 e. The van der Waals surface area contributed by atoms with Crippen molar-refractivity contribution in [2.24, 2.45) is 0 Å². The van der Waals surface area contributed by atoms with Crippen molar-refractivity contribution < 1.29 is 23.0 Å². The van der Waals surface area contributed by atoms with Crippen LogP contribution in [0.25, 0.3) is 0 Å². The van der Waals surface area contributed by atoms with Crippen molar-refractivity contribution in [3.05, 3.63) is 59.7 Å². The summed E-state index contributed by atoms with van der Waals surface area (Å²) in [6, 6.07) is 11.6. The number of ether oxygens (including phenoxy) is 1. The van der Waals surface area contributed by atoms with Crippen molar-refractivity contribution in [2.45, 2.75) is 12.7 Å². The molecule has 0 atom stereocenters. The first-order valence-corrected chi connectivity index (χ1v) is 6.74. The van der Waals surface area contributed by atoms with Crippen LogP contribution in [-0.2, 0) is 12.7 Å². The highest BCUT2D eigenvalue weighted by molar-refractivity contribution is 5.30. The third kappa shape index (κ3) is 4.96. The number of halogens is 3. The Balaban J connectivity index is 1.75. The lowest BCUT2D eigenvalue weighted by atomic mass is 10.2. The second-order valence-electron chi connectivity index (χ2n) is 4.72. The Kier molecular flexibility index (Phi) is 5.27. The van der Waals surface area contributed by atoms with E-state index < -0.39 is 11.7 Å². The van der Waals surface area contributed by atoms with Gasteiger partial charge in [0.05, 0.1) is 5.56 Å². The van der Waals surface area contributed by atoms with Crippen molar-refractivity contribution in [3.63, 3.8) is 0 Å². The van der Waals surface area contributed by atoms with Crippen molar-refractivity contribution in [2.75, 3.05) is 13.2 Å². The summed E-state index contributed by atoms with van der Waals surface area (Å²) in [7, 11) is 0. The molecule has 22 heavy (non-hydrogen) atoms. The number of hydrogen-bond donors (Lipinski definition) is 2. The molecule has 0 aliphatic carbocycles. The second kappa shape index (κ2) is 7.17. The number of benzene rings is 2. The van der Waals surface area contributed by atoms with Gasteiger partial charge in [0.15, 0.2) is 0 Å². The molecule has 0 unspecified atom stereocenters. The Hall–Kier alpha value is -2.21. The second-order valence-corrected chi connectivity index (χ2v) is 4.72. The van der Waals surface area contributed by atoms with Gasteiger partial charge in [-0.15, -0.1) is 0 Å². The van der Waals surface area contributed by atoms with Gasteiger partial charge in [-0.05, 0) is 35.9 Å². The summed E-state index contributed by atoms with van der Waals surface area (Å²) in [5, 5.41) is 12.4. The number of alkyl halides is 3. The molecule has 2 aromatic carbocycles. The SMILES string of the molecule is Oc1cccc(CNCCOc2cccc(C(F)(F)F)c2)c1. The molecule has 118 valence electrons. The largest absolute Gasteiger partial charge is 0.508 e. The summed E-state index contributed by atoms with van der Waals surface area (Å²) in [4.78, 5) is 0. The summed E-state index contributed by atoms with van der Waals surface area (Å²) in [6.45, 7) is 1.27. The van der Waals surface area contributed by atoms with Crippen molar-refractivity contribution in [1.82, 2.24) is 5.32 Å². The highest BCUT2D eigenvalue weighted by Crippen LogP contribution is 2.31. The Morgan fingerprint density at radius 2 is 1.82 bits per heavy atom. The fourth-order valence-corrected chi connectivity index (χ4v) is 1.90.